The number of hydrogen-bond acceptors (Lipinski definition) is 6. The minimum Gasteiger partial charge on any atom is -0.497 e. The van der Waals surface area contributed by atoms with Crippen LogP contribution in [0.15, 0.2) is 54.6 Å². The van der Waals surface area contributed by atoms with Gasteiger partial charge in [-0.3, -0.25) is 14.4 Å². The van der Waals surface area contributed by atoms with E-state index in [-0.39, 0.29) is 24.3 Å². The summed E-state index contributed by atoms with van der Waals surface area (Å²) in [5.41, 5.74) is -0.592. The molecule has 7 atom stereocenters. The molecule has 208 valence electrons. The zero-order chi connectivity index (χ0) is 27.9. The van der Waals surface area contributed by atoms with Crippen molar-refractivity contribution in [3.05, 3.63) is 60.2 Å². The van der Waals surface area contributed by atoms with Crippen molar-refractivity contribution in [1.82, 2.24) is 10.2 Å². The number of benzene rings is 2. The average molecular weight is 536 g/mol. The molecule has 2 bridgehead atoms. The summed E-state index contributed by atoms with van der Waals surface area (Å²) in [6.07, 6.45) is 0.913. The van der Waals surface area contributed by atoms with Gasteiger partial charge in [-0.25, -0.2) is 0 Å². The molecule has 2 aromatic rings. The van der Waals surface area contributed by atoms with Crippen molar-refractivity contribution in [1.29, 1.82) is 0 Å². The highest BCUT2D eigenvalue weighted by atomic mass is 16.5. The molecule has 1 spiro atoms. The SMILES string of the molecule is CC[C@@H](CO)N1C(=O)[C@@H]2[C@H](C(=O)NCc3ccccc3)[C@@]3(C)OC2(CC3C)C1C(=O)Nc1ccc(OC)cc1. The quantitative estimate of drug-likeness (QED) is 0.455. The molecule has 3 unspecified atom stereocenters. The first kappa shape index (κ1) is 27.1. The third kappa shape index (κ3) is 4.28. The van der Waals surface area contributed by atoms with E-state index in [1.54, 1.807) is 31.4 Å². The Bertz CT molecular complexity index is 1230. The van der Waals surface area contributed by atoms with Crippen LogP contribution in [0.25, 0.3) is 0 Å². The second-order valence-electron chi connectivity index (χ2n) is 11.1. The monoisotopic (exact) mass is 535 g/mol. The van der Waals surface area contributed by atoms with E-state index in [1.807, 2.05) is 51.1 Å². The third-order valence-corrected chi connectivity index (χ3v) is 9.03. The lowest BCUT2D eigenvalue weighted by Gasteiger charge is -2.36. The van der Waals surface area contributed by atoms with E-state index in [1.165, 1.54) is 4.90 Å². The summed E-state index contributed by atoms with van der Waals surface area (Å²) in [6.45, 7) is 5.79. The number of likely N-dealkylation sites (tertiary alicyclic amines) is 1. The molecule has 2 aromatic carbocycles. The Kier molecular flexibility index (Phi) is 7.15. The molecule has 5 rings (SSSR count). The number of methoxy groups -OCH3 is 1. The van der Waals surface area contributed by atoms with E-state index in [2.05, 4.69) is 10.6 Å². The Labute approximate surface area is 228 Å². The zero-order valence-corrected chi connectivity index (χ0v) is 22.8. The van der Waals surface area contributed by atoms with Crippen molar-refractivity contribution < 1.29 is 29.0 Å². The van der Waals surface area contributed by atoms with Gasteiger partial charge in [0.25, 0.3) is 0 Å². The molecule has 3 aliphatic rings. The number of nitrogens with zero attached hydrogens (tertiary/aromatic N) is 1. The first-order valence-electron chi connectivity index (χ1n) is 13.6. The smallest absolute Gasteiger partial charge is 0.250 e. The first-order chi connectivity index (χ1) is 18.7. The molecule has 39 heavy (non-hydrogen) atoms. The molecule has 3 N–H and O–H groups in total. The van der Waals surface area contributed by atoms with Crippen LogP contribution in [0.5, 0.6) is 5.75 Å². The predicted octanol–water partition coefficient (Wildman–Crippen LogP) is 2.73. The number of fused-ring (bicyclic) bond motifs is 1. The molecular formula is C30H37N3O6. The van der Waals surface area contributed by atoms with Crippen LogP contribution < -0.4 is 15.4 Å². The lowest BCUT2D eigenvalue weighted by molar-refractivity contribution is -0.149. The van der Waals surface area contributed by atoms with E-state index in [9.17, 15) is 19.5 Å². The van der Waals surface area contributed by atoms with Gasteiger partial charge in [0, 0.05) is 12.2 Å². The van der Waals surface area contributed by atoms with Gasteiger partial charge in [-0.05, 0) is 55.5 Å². The van der Waals surface area contributed by atoms with Crippen LogP contribution in [0.4, 0.5) is 5.69 Å². The number of hydrogen-bond donors (Lipinski definition) is 3. The van der Waals surface area contributed by atoms with Crippen molar-refractivity contribution in [2.75, 3.05) is 19.0 Å². The van der Waals surface area contributed by atoms with Gasteiger partial charge in [0.2, 0.25) is 17.7 Å². The average Bonchev–Trinajstić information content (AvgIpc) is 3.46. The van der Waals surface area contributed by atoms with Gasteiger partial charge in [0.05, 0.1) is 37.2 Å². The fourth-order valence-electron chi connectivity index (χ4n) is 6.96. The second kappa shape index (κ2) is 10.3. The van der Waals surface area contributed by atoms with Crippen LogP contribution in [-0.4, -0.2) is 64.7 Å². The number of aliphatic hydroxyl groups is 1. The predicted molar refractivity (Wildman–Crippen MR) is 145 cm³/mol. The number of rotatable bonds is 9. The summed E-state index contributed by atoms with van der Waals surface area (Å²) in [5.74, 6) is -2.00. The van der Waals surface area contributed by atoms with Crippen LogP contribution in [0.3, 0.4) is 0 Å². The van der Waals surface area contributed by atoms with E-state index in [4.69, 9.17) is 9.47 Å². The summed E-state index contributed by atoms with van der Waals surface area (Å²) in [5, 5.41) is 16.2. The highest BCUT2D eigenvalue weighted by Gasteiger charge is 2.80. The lowest BCUT2D eigenvalue weighted by Crippen LogP contribution is -2.56. The molecule has 3 heterocycles. The second-order valence-corrected chi connectivity index (χ2v) is 11.1. The van der Waals surface area contributed by atoms with Gasteiger partial charge in [-0.15, -0.1) is 0 Å². The number of ether oxygens (including phenoxy) is 2. The molecule has 3 amide bonds. The van der Waals surface area contributed by atoms with Crippen LogP contribution in [-0.2, 0) is 25.7 Å². The number of amides is 3. The number of nitrogens with one attached hydrogen (secondary N) is 2. The molecule has 0 aliphatic carbocycles. The molecule has 3 fully saturated rings. The number of carbonyl (C=O) groups excluding carboxylic acids is 3. The standard InChI is InChI=1S/C30H37N3O6/c1-5-21(17-34)33-25(27(36)32-20-11-13-22(38-4)14-12-20)30-15-18(2)29(3,39-30)23(24(30)28(33)37)26(35)31-16-19-9-7-6-8-10-19/h6-14,18,21,23-25,34H,5,15-17H2,1-4H3,(H,31,35)(H,32,36)/t18?,21-,23+,24-,25?,29-,30?/m0/s1. The lowest BCUT2D eigenvalue weighted by atomic mass is 9.62. The summed E-state index contributed by atoms with van der Waals surface area (Å²) in [6, 6.07) is 14.9. The molecule has 3 aliphatic heterocycles. The Morgan fingerprint density at radius 2 is 1.85 bits per heavy atom. The normalized spacial score (nSPS) is 31.6. The van der Waals surface area contributed by atoms with E-state index in [0.717, 1.165) is 5.56 Å². The largest absolute Gasteiger partial charge is 0.497 e. The van der Waals surface area contributed by atoms with Crippen LogP contribution in [0.1, 0.15) is 39.2 Å². The Morgan fingerprint density at radius 1 is 1.15 bits per heavy atom. The van der Waals surface area contributed by atoms with Crippen LogP contribution in [0, 0.1) is 17.8 Å². The molecule has 9 nitrogen and oxygen atoms in total. The maximum atomic E-state index is 14.2. The van der Waals surface area contributed by atoms with Gasteiger partial charge >= 0.3 is 0 Å². The van der Waals surface area contributed by atoms with Gasteiger partial charge in [-0.2, -0.15) is 0 Å². The van der Waals surface area contributed by atoms with Gasteiger partial charge < -0.3 is 30.1 Å². The van der Waals surface area contributed by atoms with E-state index < -0.39 is 41.0 Å². The number of carbonyl (C=O) groups is 3. The summed E-state index contributed by atoms with van der Waals surface area (Å²) in [7, 11) is 1.57. The Morgan fingerprint density at radius 3 is 2.46 bits per heavy atom. The minimum absolute atomic E-state index is 0.0699. The van der Waals surface area contributed by atoms with Crippen molar-refractivity contribution >= 4 is 23.4 Å². The minimum atomic E-state index is -1.18. The van der Waals surface area contributed by atoms with Gasteiger partial charge in [0.15, 0.2) is 0 Å². The van der Waals surface area contributed by atoms with Crippen molar-refractivity contribution in [2.45, 2.75) is 63.4 Å². The Balaban J connectivity index is 1.50. The van der Waals surface area contributed by atoms with Crippen molar-refractivity contribution in [2.24, 2.45) is 17.8 Å². The van der Waals surface area contributed by atoms with Gasteiger partial charge in [-0.1, -0.05) is 44.2 Å². The maximum Gasteiger partial charge on any atom is 0.250 e. The van der Waals surface area contributed by atoms with E-state index >= 15 is 0 Å². The Hall–Kier alpha value is -3.43. The summed E-state index contributed by atoms with van der Waals surface area (Å²) < 4.78 is 11.9. The van der Waals surface area contributed by atoms with Crippen molar-refractivity contribution in [3.63, 3.8) is 0 Å². The van der Waals surface area contributed by atoms with Gasteiger partial charge in [0.1, 0.15) is 17.4 Å². The topological polar surface area (TPSA) is 117 Å². The highest BCUT2D eigenvalue weighted by molar-refractivity contribution is 6.04. The highest BCUT2D eigenvalue weighted by Crippen LogP contribution is 2.65. The summed E-state index contributed by atoms with van der Waals surface area (Å²) in [4.78, 5) is 43.4. The molecular weight excluding hydrogens is 498 g/mol. The van der Waals surface area contributed by atoms with Crippen LogP contribution in [0.2, 0.25) is 0 Å². The molecule has 9 heteroatoms. The number of anilines is 1. The third-order valence-electron chi connectivity index (χ3n) is 9.03. The fourth-order valence-corrected chi connectivity index (χ4v) is 6.96. The molecule has 0 radical (unpaired) electrons. The maximum absolute atomic E-state index is 14.2. The van der Waals surface area contributed by atoms with E-state index in [0.29, 0.717) is 30.8 Å². The molecule has 0 saturated carbocycles. The molecule has 3 saturated heterocycles. The first-order valence-corrected chi connectivity index (χ1v) is 13.6. The molecule has 0 aromatic heterocycles. The van der Waals surface area contributed by atoms with Crippen molar-refractivity contribution in [3.8, 4) is 5.75 Å². The zero-order valence-electron chi connectivity index (χ0n) is 22.8. The summed E-state index contributed by atoms with van der Waals surface area (Å²) >= 11 is 0. The fraction of sp³-hybridized carbons (Fsp3) is 0.500. The van der Waals surface area contributed by atoms with Crippen LogP contribution >= 0.6 is 0 Å². The number of aliphatic hydroxyl groups excluding tert-OH is 1.